The number of hydrogen-bond acceptors (Lipinski definition) is 6. The van der Waals surface area contributed by atoms with Gasteiger partial charge in [0.05, 0.1) is 0 Å². The average molecular weight is 451 g/mol. The first-order valence-electron chi connectivity index (χ1n) is 6.06. The Balaban J connectivity index is 1.89. The van der Waals surface area contributed by atoms with Crippen LogP contribution >= 0.6 is 59.3 Å². The summed E-state index contributed by atoms with van der Waals surface area (Å²) in [4.78, 5) is 0. The predicted octanol–water partition coefficient (Wildman–Crippen LogP) is 5.32. The predicted molar refractivity (Wildman–Crippen MR) is 98.9 cm³/mol. The van der Waals surface area contributed by atoms with Crippen LogP contribution in [0.1, 0.15) is 26.2 Å². The molecule has 0 saturated carbocycles. The van der Waals surface area contributed by atoms with Gasteiger partial charge in [-0.05, 0) is 0 Å². The molecule has 0 aromatic carbocycles. The molecular formula is C10H20S6Sn. The first kappa shape index (κ1) is 16.3. The van der Waals surface area contributed by atoms with Crippen molar-refractivity contribution >= 4 is 72.2 Å². The molecule has 0 aromatic rings. The van der Waals surface area contributed by atoms with Crippen LogP contribution in [0.2, 0.25) is 0 Å². The van der Waals surface area contributed by atoms with Crippen LogP contribution in [0, 0.1) is 0 Å². The molecule has 7 heteroatoms. The van der Waals surface area contributed by atoms with Crippen molar-refractivity contribution in [2.45, 2.75) is 35.4 Å². The Morgan fingerprint density at radius 3 is 1.94 bits per heavy atom. The fourth-order valence-corrected chi connectivity index (χ4v) is 67.3. The van der Waals surface area contributed by atoms with Crippen LogP contribution < -0.4 is 0 Å². The molecule has 2 rings (SSSR count). The molecule has 2 heterocycles. The summed E-state index contributed by atoms with van der Waals surface area (Å²) in [7, 11) is 9.57. The Labute approximate surface area is 129 Å². The van der Waals surface area contributed by atoms with E-state index in [1.165, 1.54) is 36.5 Å². The molecule has 2 aliphatic heterocycles. The average Bonchev–Trinajstić information content (AvgIpc) is 2.24. The molecule has 2 fully saturated rings. The van der Waals surface area contributed by atoms with E-state index in [1.807, 2.05) is 0 Å². The maximum atomic E-state index is 2.44. The third-order valence-electron chi connectivity index (χ3n) is 2.60. The molecule has 0 amide bonds. The van der Waals surface area contributed by atoms with Crippen LogP contribution in [0.25, 0.3) is 0 Å². The molecule has 2 atom stereocenters. The Kier molecular flexibility index (Phi) is 8.01. The summed E-state index contributed by atoms with van der Waals surface area (Å²) in [5.41, 5.74) is 0. The SMILES string of the molecule is CCC[S][Sn]([S]C)([S]C1CCS1)[S]C1CCS1. The van der Waals surface area contributed by atoms with Gasteiger partial charge in [0.25, 0.3) is 0 Å². The molecule has 2 saturated heterocycles. The van der Waals surface area contributed by atoms with E-state index in [0.717, 1.165) is 9.16 Å². The van der Waals surface area contributed by atoms with Gasteiger partial charge in [-0.3, -0.25) is 0 Å². The van der Waals surface area contributed by atoms with Gasteiger partial charge in [0, 0.05) is 0 Å². The Bertz CT molecular complexity index is 215. The van der Waals surface area contributed by atoms with Crippen molar-refractivity contribution in [1.29, 1.82) is 0 Å². The minimum absolute atomic E-state index is 0.959. The molecule has 100 valence electrons. The first-order valence-corrected chi connectivity index (χ1v) is 26.1. The van der Waals surface area contributed by atoms with Gasteiger partial charge in [-0.15, -0.1) is 0 Å². The van der Waals surface area contributed by atoms with Crippen LogP contribution in [-0.2, 0) is 0 Å². The third kappa shape index (κ3) is 4.99. The van der Waals surface area contributed by atoms with E-state index in [-0.39, 0.29) is 0 Å². The van der Waals surface area contributed by atoms with Crippen molar-refractivity contribution in [2.75, 3.05) is 23.5 Å². The monoisotopic (exact) mass is 452 g/mol. The molecule has 0 spiro atoms. The summed E-state index contributed by atoms with van der Waals surface area (Å²) in [6.45, 7) is 2.33. The molecular weight excluding hydrogens is 431 g/mol. The topological polar surface area (TPSA) is 0 Å². The van der Waals surface area contributed by atoms with Crippen molar-refractivity contribution in [3.8, 4) is 0 Å². The van der Waals surface area contributed by atoms with Crippen molar-refractivity contribution in [3.63, 3.8) is 0 Å². The van der Waals surface area contributed by atoms with Crippen LogP contribution in [0.4, 0.5) is 0 Å². The molecule has 0 N–H and O–H groups in total. The van der Waals surface area contributed by atoms with Gasteiger partial charge in [-0.1, -0.05) is 0 Å². The normalized spacial score (nSPS) is 31.4. The second-order valence-corrected chi connectivity index (χ2v) is 49.6. The van der Waals surface area contributed by atoms with E-state index >= 15 is 0 Å². The van der Waals surface area contributed by atoms with E-state index in [9.17, 15) is 0 Å². The molecule has 0 nitrogen and oxygen atoms in total. The van der Waals surface area contributed by atoms with Crippen molar-refractivity contribution in [1.82, 2.24) is 0 Å². The van der Waals surface area contributed by atoms with Crippen LogP contribution in [0.15, 0.2) is 0 Å². The van der Waals surface area contributed by atoms with Gasteiger partial charge in [-0.25, -0.2) is 0 Å². The van der Waals surface area contributed by atoms with Crippen molar-refractivity contribution in [2.24, 2.45) is 0 Å². The Hall–Kier alpha value is 2.90. The zero-order chi connectivity index (χ0) is 12.1. The van der Waals surface area contributed by atoms with E-state index < -0.39 is 12.8 Å². The van der Waals surface area contributed by atoms with E-state index in [1.54, 1.807) is 0 Å². The van der Waals surface area contributed by atoms with E-state index in [4.69, 9.17) is 0 Å². The fraction of sp³-hybridized carbons (Fsp3) is 1.00. The number of thioether (sulfide) groups is 2. The van der Waals surface area contributed by atoms with Gasteiger partial charge in [0.1, 0.15) is 0 Å². The summed E-state index contributed by atoms with van der Waals surface area (Å²) in [5, 5.41) is 0. The number of rotatable bonds is 8. The Morgan fingerprint density at radius 2 is 1.65 bits per heavy atom. The van der Waals surface area contributed by atoms with E-state index in [2.05, 4.69) is 72.5 Å². The van der Waals surface area contributed by atoms with Crippen molar-refractivity contribution < 1.29 is 0 Å². The first-order chi connectivity index (χ1) is 8.28. The summed E-state index contributed by atoms with van der Waals surface area (Å²) < 4.78 is 1.92. The molecule has 0 aliphatic carbocycles. The quantitative estimate of drug-likeness (QED) is 0.455. The third-order valence-corrected chi connectivity index (χ3v) is 59.8. The molecule has 2 aliphatic rings. The summed E-state index contributed by atoms with van der Waals surface area (Å²) >= 11 is 2.36. The zero-order valence-corrected chi connectivity index (χ0v) is 18.1. The van der Waals surface area contributed by atoms with Crippen LogP contribution in [0.5, 0.6) is 0 Å². The number of hydrogen-bond donors (Lipinski definition) is 0. The zero-order valence-electron chi connectivity index (χ0n) is 10.3. The summed E-state index contributed by atoms with van der Waals surface area (Å²) in [6, 6.07) is 0. The van der Waals surface area contributed by atoms with E-state index in [0.29, 0.717) is 0 Å². The van der Waals surface area contributed by atoms with Gasteiger partial charge in [0.15, 0.2) is 0 Å². The van der Waals surface area contributed by atoms with Crippen molar-refractivity contribution in [3.05, 3.63) is 0 Å². The standard InChI is InChI=1S/2C3H6S2.C3H8S.CH4S.Sn/c2*4-3-1-2-5-3;1-2-3-4;1-2;/h2*3-4H,1-2H2;4H,2-3H2,1H3;2H,1H3;/q;;;;+4/p-4. The van der Waals surface area contributed by atoms with Gasteiger partial charge in [0.2, 0.25) is 0 Å². The second-order valence-electron chi connectivity index (χ2n) is 3.97. The molecule has 2 unspecified atom stereocenters. The molecule has 0 radical (unpaired) electrons. The summed E-state index contributed by atoms with van der Waals surface area (Å²) in [6.07, 6.45) is 6.69. The van der Waals surface area contributed by atoms with Crippen LogP contribution in [-0.4, -0.2) is 45.5 Å². The molecule has 0 aromatic heterocycles. The molecule has 17 heavy (non-hydrogen) atoms. The van der Waals surface area contributed by atoms with Gasteiger partial charge < -0.3 is 0 Å². The summed E-state index contributed by atoms with van der Waals surface area (Å²) in [5.74, 6) is 4.22. The fourth-order valence-electron chi connectivity index (χ4n) is 1.41. The molecule has 0 bridgehead atoms. The maximum absolute atomic E-state index is 2.44. The second kappa shape index (κ2) is 8.37. The van der Waals surface area contributed by atoms with Crippen LogP contribution in [0.3, 0.4) is 0 Å². The Morgan fingerprint density at radius 1 is 1.12 bits per heavy atom. The van der Waals surface area contributed by atoms with Gasteiger partial charge in [-0.2, -0.15) is 0 Å². The van der Waals surface area contributed by atoms with Gasteiger partial charge >= 0.3 is 131 Å². The minimum atomic E-state index is -2.05.